The molecule has 0 aromatic rings. The van der Waals surface area contributed by atoms with Crippen molar-refractivity contribution < 1.29 is 9.90 Å². The van der Waals surface area contributed by atoms with Gasteiger partial charge in [-0.05, 0) is 18.8 Å². The third-order valence-electron chi connectivity index (χ3n) is 3.47. The Kier molecular flexibility index (Phi) is 2.28. The number of likely N-dealkylation sites (N-methyl/N-ethyl adjacent to an activating group) is 1. The molecule has 3 heteroatoms. The van der Waals surface area contributed by atoms with Crippen LogP contribution in [0, 0.1) is 11.8 Å². The summed E-state index contributed by atoms with van der Waals surface area (Å²) in [6.07, 6.45) is 4.05. The Hall–Kier alpha value is -0.570. The number of carbonyl (C=O) groups excluding carboxylic acids is 1. The van der Waals surface area contributed by atoms with Gasteiger partial charge in [0.2, 0.25) is 5.91 Å². The van der Waals surface area contributed by atoms with Crippen LogP contribution in [0.1, 0.15) is 25.7 Å². The predicted molar refractivity (Wildman–Crippen MR) is 49.1 cm³/mol. The number of rotatable bonds is 0. The number of aliphatic hydroxyl groups excluding tert-OH is 1. The molecular formula is C10H17NO2. The zero-order valence-corrected chi connectivity index (χ0v) is 8.07. The second kappa shape index (κ2) is 3.29. The van der Waals surface area contributed by atoms with Gasteiger partial charge >= 0.3 is 0 Å². The molecule has 1 amide bonds. The van der Waals surface area contributed by atoms with Crippen LogP contribution >= 0.6 is 0 Å². The van der Waals surface area contributed by atoms with Gasteiger partial charge in [0.05, 0.1) is 6.10 Å². The van der Waals surface area contributed by atoms with Gasteiger partial charge in [-0.15, -0.1) is 0 Å². The van der Waals surface area contributed by atoms with Crippen molar-refractivity contribution in [2.45, 2.75) is 31.8 Å². The minimum absolute atomic E-state index is 0.113. The number of carbonyl (C=O) groups is 1. The van der Waals surface area contributed by atoms with E-state index in [9.17, 15) is 9.90 Å². The monoisotopic (exact) mass is 183 g/mol. The molecule has 3 atom stereocenters. The number of piperidine rings is 1. The van der Waals surface area contributed by atoms with Crippen LogP contribution in [-0.2, 0) is 4.79 Å². The van der Waals surface area contributed by atoms with E-state index in [1.807, 2.05) is 0 Å². The summed E-state index contributed by atoms with van der Waals surface area (Å²) in [6.45, 7) is 0.528. The van der Waals surface area contributed by atoms with Crippen molar-refractivity contribution in [2.24, 2.45) is 11.8 Å². The molecule has 2 aliphatic rings. The smallest absolute Gasteiger partial charge is 0.225 e. The van der Waals surface area contributed by atoms with Crippen molar-refractivity contribution in [3.63, 3.8) is 0 Å². The highest BCUT2D eigenvalue weighted by molar-refractivity contribution is 5.80. The Morgan fingerprint density at radius 2 is 2.08 bits per heavy atom. The summed E-state index contributed by atoms with van der Waals surface area (Å²) in [6, 6.07) is 0. The Morgan fingerprint density at radius 3 is 2.85 bits per heavy atom. The summed E-state index contributed by atoms with van der Waals surface area (Å²) >= 11 is 0. The molecule has 13 heavy (non-hydrogen) atoms. The van der Waals surface area contributed by atoms with Crippen molar-refractivity contribution in [3.05, 3.63) is 0 Å². The maximum absolute atomic E-state index is 11.7. The first kappa shape index (κ1) is 9.00. The van der Waals surface area contributed by atoms with E-state index in [2.05, 4.69) is 0 Å². The van der Waals surface area contributed by atoms with E-state index in [1.54, 1.807) is 11.9 Å². The van der Waals surface area contributed by atoms with Crippen molar-refractivity contribution in [1.82, 2.24) is 4.90 Å². The van der Waals surface area contributed by atoms with E-state index in [1.165, 1.54) is 6.42 Å². The van der Waals surface area contributed by atoms with Gasteiger partial charge in [0.25, 0.3) is 0 Å². The van der Waals surface area contributed by atoms with Crippen LogP contribution in [0.25, 0.3) is 0 Å². The number of fused-ring (bicyclic) bond motifs is 1. The molecule has 2 rings (SSSR count). The molecule has 1 unspecified atom stereocenters. The first-order valence-corrected chi connectivity index (χ1v) is 5.13. The lowest BCUT2D eigenvalue weighted by Gasteiger charge is -2.42. The third kappa shape index (κ3) is 1.46. The summed E-state index contributed by atoms with van der Waals surface area (Å²) in [7, 11) is 1.79. The summed E-state index contributed by atoms with van der Waals surface area (Å²) < 4.78 is 0. The SMILES string of the molecule is CN1CC(O)[C@H]2CCCC[C@H]2C1=O. The molecule has 0 aromatic carbocycles. The highest BCUT2D eigenvalue weighted by atomic mass is 16.3. The minimum Gasteiger partial charge on any atom is -0.391 e. The number of amides is 1. The standard InChI is InChI=1S/C10H17NO2/c1-11-6-9(12)7-4-2-3-5-8(7)10(11)13/h7-9,12H,2-6H2,1H3/t7-,8+,9?/m0/s1. The third-order valence-corrected chi connectivity index (χ3v) is 3.47. The van der Waals surface area contributed by atoms with Gasteiger partial charge < -0.3 is 10.0 Å². The van der Waals surface area contributed by atoms with Crippen LogP contribution in [0.5, 0.6) is 0 Å². The quantitative estimate of drug-likeness (QED) is 0.598. The molecule has 1 aliphatic carbocycles. The first-order valence-electron chi connectivity index (χ1n) is 5.13. The maximum atomic E-state index is 11.7. The average Bonchev–Trinajstić information content (AvgIpc) is 2.15. The average molecular weight is 183 g/mol. The maximum Gasteiger partial charge on any atom is 0.225 e. The molecule has 1 aliphatic heterocycles. The summed E-state index contributed by atoms with van der Waals surface area (Å²) in [5, 5.41) is 9.80. The van der Waals surface area contributed by atoms with Crippen LogP contribution in [0.2, 0.25) is 0 Å². The topological polar surface area (TPSA) is 40.5 Å². The largest absolute Gasteiger partial charge is 0.391 e. The molecule has 0 bridgehead atoms. The number of β-amino-alcohol motifs (C(OH)–C–C–N with tert-alkyl or cyclic N) is 1. The van der Waals surface area contributed by atoms with Crippen molar-refractivity contribution in [2.75, 3.05) is 13.6 Å². The van der Waals surface area contributed by atoms with Gasteiger partial charge in [-0.25, -0.2) is 0 Å². The fourth-order valence-corrected chi connectivity index (χ4v) is 2.72. The molecule has 0 spiro atoms. The molecule has 1 saturated carbocycles. The van der Waals surface area contributed by atoms with Crippen LogP contribution in [-0.4, -0.2) is 35.6 Å². The molecule has 1 N–H and O–H groups in total. The van der Waals surface area contributed by atoms with Crippen LogP contribution in [0.3, 0.4) is 0 Å². The van der Waals surface area contributed by atoms with Crippen LogP contribution in [0.4, 0.5) is 0 Å². The highest BCUT2D eigenvalue weighted by Crippen LogP contribution is 2.36. The second-order valence-electron chi connectivity index (χ2n) is 4.34. The highest BCUT2D eigenvalue weighted by Gasteiger charge is 2.41. The number of hydrogen-bond acceptors (Lipinski definition) is 2. The lowest BCUT2D eigenvalue weighted by Crippen LogP contribution is -2.52. The van der Waals surface area contributed by atoms with Crippen LogP contribution in [0.15, 0.2) is 0 Å². The molecule has 1 heterocycles. The summed E-state index contributed by atoms with van der Waals surface area (Å²) in [5.74, 6) is 0.606. The van der Waals surface area contributed by atoms with Crippen molar-refractivity contribution >= 4 is 5.91 Å². The molecule has 74 valence electrons. The van der Waals surface area contributed by atoms with Crippen LogP contribution < -0.4 is 0 Å². The van der Waals surface area contributed by atoms with E-state index in [4.69, 9.17) is 0 Å². The van der Waals surface area contributed by atoms with E-state index >= 15 is 0 Å². The number of aliphatic hydroxyl groups is 1. The van der Waals surface area contributed by atoms with E-state index in [-0.39, 0.29) is 23.8 Å². The molecule has 3 nitrogen and oxygen atoms in total. The fourth-order valence-electron chi connectivity index (χ4n) is 2.72. The van der Waals surface area contributed by atoms with E-state index in [0.717, 1.165) is 19.3 Å². The van der Waals surface area contributed by atoms with Gasteiger partial charge in [-0.1, -0.05) is 12.8 Å². The number of hydrogen-bond donors (Lipinski definition) is 1. The Bertz CT molecular complexity index is 217. The lowest BCUT2D eigenvalue weighted by molar-refractivity contribution is -0.148. The second-order valence-corrected chi connectivity index (χ2v) is 4.34. The Balaban J connectivity index is 2.15. The summed E-state index contributed by atoms with van der Waals surface area (Å²) in [4.78, 5) is 13.4. The molecule has 1 saturated heterocycles. The zero-order chi connectivity index (χ0) is 9.42. The van der Waals surface area contributed by atoms with E-state index in [0.29, 0.717) is 6.54 Å². The van der Waals surface area contributed by atoms with Gasteiger partial charge in [-0.2, -0.15) is 0 Å². The molecule has 0 aromatic heterocycles. The minimum atomic E-state index is -0.284. The predicted octanol–water partition coefficient (Wildman–Crippen LogP) is 0.626. The molecule has 0 radical (unpaired) electrons. The zero-order valence-electron chi connectivity index (χ0n) is 8.07. The van der Waals surface area contributed by atoms with Crippen molar-refractivity contribution in [1.29, 1.82) is 0 Å². The lowest BCUT2D eigenvalue weighted by atomic mass is 9.73. The Morgan fingerprint density at radius 1 is 1.38 bits per heavy atom. The molecular weight excluding hydrogens is 166 g/mol. The van der Waals surface area contributed by atoms with E-state index < -0.39 is 0 Å². The van der Waals surface area contributed by atoms with Gasteiger partial charge in [-0.3, -0.25) is 4.79 Å². The van der Waals surface area contributed by atoms with Gasteiger partial charge in [0.1, 0.15) is 0 Å². The van der Waals surface area contributed by atoms with Gasteiger partial charge in [0.15, 0.2) is 0 Å². The Labute approximate surface area is 78.7 Å². The fraction of sp³-hybridized carbons (Fsp3) is 0.900. The normalized spacial score (nSPS) is 40.3. The van der Waals surface area contributed by atoms with Gasteiger partial charge in [0, 0.05) is 19.5 Å². The number of nitrogens with zero attached hydrogens (tertiary/aromatic N) is 1. The van der Waals surface area contributed by atoms with Crippen molar-refractivity contribution in [3.8, 4) is 0 Å². The first-order chi connectivity index (χ1) is 6.20. The molecule has 2 fully saturated rings. The summed E-state index contributed by atoms with van der Waals surface area (Å²) in [5.41, 5.74) is 0. The number of likely N-dealkylation sites (tertiary alicyclic amines) is 1.